The SMILES string of the molecule is CCOP(=O)(CCN1C(=O)C2=C(C[C@@H]1C)N(C)c1cc(OC)c(OC)cc1C2)OCC. The van der Waals surface area contributed by atoms with Crippen LogP contribution in [-0.4, -0.2) is 64.0 Å². The second-order valence-electron chi connectivity index (χ2n) is 7.72. The molecule has 0 spiro atoms. The Morgan fingerprint density at radius 3 is 2.29 bits per heavy atom. The molecule has 2 aliphatic heterocycles. The molecule has 0 saturated carbocycles. The number of ether oxygens (including phenoxy) is 2. The zero-order chi connectivity index (χ0) is 22.8. The molecule has 0 aromatic heterocycles. The molecule has 1 aromatic carbocycles. The van der Waals surface area contributed by atoms with Crippen LogP contribution in [0.4, 0.5) is 5.69 Å². The van der Waals surface area contributed by atoms with Gasteiger partial charge in [-0.2, -0.15) is 0 Å². The molecule has 0 fully saturated rings. The van der Waals surface area contributed by atoms with E-state index in [4.69, 9.17) is 18.5 Å². The van der Waals surface area contributed by atoms with Crippen molar-refractivity contribution in [3.8, 4) is 11.5 Å². The molecule has 2 aliphatic rings. The Bertz CT molecular complexity index is 906. The minimum atomic E-state index is -3.21. The number of amides is 1. The van der Waals surface area contributed by atoms with Gasteiger partial charge >= 0.3 is 7.60 Å². The van der Waals surface area contributed by atoms with Crippen LogP contribution in [0.3, 0.4) is 0 Å². The second-order valence-corrected chi connectivity index (χ2v) is 9.90. The van der Waals surface area contributed by atoms with E-state index in [1.165, 1.54) is 0 Å². The monoisotopic (exact) mass is 452 g/mol. The molecule has 0 aliphatic carbocycles. The zero-order valence-corrected chi connectivity index (χ0v) is 20.2. The average molecular weight is 452 g/mol. The van der Waals surface area contributed by atoms with Gasteiger partial charge in [-0.3, -0.25) is 9.36 Å². The van der Waals surface area contributed by atoms with Gasteiger partial charge in [-0.25, -0.2) is 0 Å². The van der Waals surface area contributed by atoms with Crippen molar-refractivity contribution in [1.82, 2.24) is 4.90 Å². The predicted octanol–water partition coefficient (Wildman–Crippen LogP) is 3.84. The second kappa shape index (κ2) is 9.63. The smallest absolute Gasteiger partial charge is 0.332 e. The quantitative estimate of drug-likeness (QED) is 0.527. The standard InChI is InChI=1S/C22H33N2O6P/c1-7-29-31(26,30-8-2)10-9-24-15(3)11-19-17(22(24)25)12-16-13-20(27-5)21(28-6)14-18(16)23(19)4/h13-15H,7-12H2,1-6H3/t15-/m0/s1. The summed E-state index contributed by atoms with van der Waals surface area (Å²) in [6, 6.07) is 3.87. The Balaban J connectivity index is 1.86. The summed E-state index contributed by atoms with van der Waals surface area (Å²) in [5.74, 6) is 1.28. The molecule has 9 heteroatoms. The summed E-state index contributed by atoms with van der Waals surface area (Å²) in [7, 11) is 1.99. The van der Waals surface area contributed by atoms with Gasteiger partial charge in [0.1, 0.15) is 0 Å². The maximum Gasteiger partial charge on any atom is 0.332 e. The highest BCUT2D eigenvalue weighted by Gasteiger charge is 2.38. The fraction of sp³-hybridized carbons (Fsp3) is 0.591. The topological polar surface area (TPSA) is 77.5 Å². The largest absolute Gasteiger partial charge is 0.493 e. The molecular formula is C22H33N2O6P. The van der Waals surface area contributed by atoms with Crippen LogP contribution < -0.4 is 14.4 Å². The Morgan fingerprint density at radius 2 is 1.71 bits per heavy atom. The molecule has 0 radical (unpaired) electrons. The Kier molecular flexibility index (Phi) is 7.35. The summed E-state index contributed by atoms with van der Waals surface area (Å²) in [5, 5.41) is 0. The normalized spacial score (nSPS) is 18.8. The third-order valence-corrected chi connectivity index (χ3v) is 7.92. The maximum atomic E-state index is 13.4. The van der Waals surface area contributed by atoms with Gasteiger partial charge in [0.15, 0.2) is 11.5 Å². The lowest BCUT2D eigenvalue weighted by atomic mass is 9.89. The number of rotatable bonds is 9. The highest BCUT2D eigenvalue weighted by molar-refractivity contribution is 7.53. The third-order valence-electron chi connectivity index (χ3n) is 5.87. The summed E-state index contributed by atoms with van der Waals surface area (Å²) >= 11 is 0. The summed E-state index contributed by atoms with van der Waals surface area (Å²) in [6.07, 6.45) is 1.43. The molecule has 0 saturated heterocycles. The molecule has 1 amide bonds. The molecular weight excluding hydrogens is 419 g/mol. The van der Waals surface area contributed by atoms with Crippen LogP contribution in [0.2, 0.25) is 0 Å². The first-order valence-electron chi connectivity index (χ1n) is 10.7. The molecule has 0 unspecified atom stereocenters. The van der Waals surface area contributed by atoms with Gasteiger partial charge < -0.3 is 28.3 Å². The van der Waals surface area contributed by atoms with Crippen molar-refractivity contribution in [2.24, 2.45) is 0 Å². The molecule has 31 heavy (non-hydrogen) atoms. The Morgan fingerprint density at radius 1 is 1.10 bits per heavy atom. The van der Waals surface area contributed by atoms with Crippen molar-refractivity contribution in [2.45, 2.75) is 39.7 Å². The third kappa shape index (κ3) is 4.61. The van der Waals surface area contributed by atoms with Gasteiger partial charge in [-0.1, -0.05) is 0 Å². The highest BCUT2D eigenvalue weighted by Crippen LogP contribution is 2.48. The van der Waals surface area contributed by atoms with Crippen LogP contribution in [0.15, 0.2) is 23.4 Å². The number of hydrogen-bond donors (Lipinski definition) is 0. The van der Waals surface area contributed by atoms with Crippen LogP contribution >= 0.6 is 7.60 Å². The number of anilines is 1. The summed E-state index contributed by atoms with van der Waals surface area (Å²) in [5.41, 5.74) is 3.81. The molecule has 1 aromatic rings. The molecule has 2 heterocycles. The Hall–Kier alpha value is -2.02. The van der Waals surface area contributed by atoms with Crippen LogP contribution in [-0.2, 0) is 24.8 Å². The lowest BCUT2D eigenvalue weighted by molar-refractivity contribution is -0.129. The van der Waals surface area contributed by atoms with Gasteiger partial charge in [0.2, 0.25) is 0 Å². The minimum absolute atomic E-state index is 0.0212. The van der Waals surface area contributed by atoms with Crippen molar-refractivity contribution in [3.05, 3.63) is 29.0 Å². The van der Waals surface area contributed by atoms with E-state index in [0.717, 1.165) is 28.9 Å². The van der Waals surface area contributed by atoms with E-state index in [0.29, 0.717) is 37.7 Å². The van der Waals surface area contributed by atoms with E-state index in [-0.39, 0.29) is 18.1 Å². The number of carbonyl (C=O) groups is 1. The average Bonchev–Trinajstić information content (AvgIpc) is 2.74. The molecule has 3 rings (SSSR count). The van der Waals surface area contributed by atoms with E-state index in [2.05, 4.69) is 4.90 Å². The van der Waals surface area contributed by atoms with E-state index in [1.807, 2.05) is 26.1 Å². The molecule has 0 bridgehead atoms. The summed E-state index contributed by atoms with van der Waals surface area (Å²) < 4.78 is 34.6. The van der Waals surface area contributed by atoms with Crippen LogP contribution in [0.5, 0.6) is 11.5 Å². The number of benzene rings is 1. The van der Waals surface area contributed by atoms with Crippen molar-refractivity contribution in [2.75, 3.05) is 52.1 Å². The number of carbonyl (C=O) groups excluding carboxylic acids is 1. The zero-order valence-electron chi connectivity index (χ0n) is 19.3. The minimum Gasteiger partial charge on any atom is -0.493 e. The molecule has 8 nitrogen and oxygen atoms in total. The first kappa shape index (κ1) is 23.6. The molecule has 172 valence electrons. The van der Waals surface area contributed by atoms with Crippen LogP contribution in [0, 0.1) is 0 Å². The maximum absolute atomic E-state index is 13.4. The fourth-order valence-electron chi connectivity index (χ4n) is 4.34. The van der Waals surface area contributed by atoms with Gasteiger partial charge in [-0.15, -0.1) is 0 Å². The number of fused-ring (bicyclic) bond motifs is 1. The van der Waals surface area contributed by atoms with Gasteiger partial charge in [-0.05, 0) is 32.4 Å². The number of nitrogens with zero attached hydrogens (tertiary/aromatic N) is 2. The van der Waals surface area contributed by atoms with Crippen LogP contribution in [0.1, 0.15) is 32.8 Å². The molecule has 0 N–H and O–H groups in total. The Labute approximate surface area is 184 Å². The van der Waals surface area contributed by atoms with E-state index in [1.54, 1.807) is 33.0 Å². The first-order valence-corrected chi connectivity index (χ1v) is 12.4. The van der Waals surface area contributed by atoms with Crippen molar-refractivity contribution >= 4 is 19.2 Å². The van der Waals surface area contributed by atoms with Gasteiger partial charge in [0, 0.05) is 55.5 Å². The van der Waals surface area contributed by atoms with Crippen molar-refractivity contribution < 1.29 is 27.9 Å². The van der Waals surface area contributed by atoms with E-state index in [9.17, 15) is 9.36 Å². The molecule has 1 atom stereocenters. The number of methoxy groups -OCH3 is 2. The first-order chi connectivity index (χ1) is 14.8. The van der Waals surface area contributed by atoms with E-state index < -0.39 is 7.60 Å². The fourth-order valence-corrected chi connectivity index (χ4v) is 5.92. The number of hydrogen-bond acceptors (Lipinski definition) is 7. The lowest BCUT2D eigenvalue weighted by Gasteiger charge is -2.42. The van der Waals surface area contributed by atoms with Crippen molar-refractivity contribution in [3.63, 3.8) is 0 Å². The summed E-state index contributed by atoms with van der Waals surface area (Å²) in [4.78, 5) is 17.3. The van der Waals surface area contributed by atoms with Gasteiger partial charge in [0.05, 0.1) is 33.6 Å². The van der Waals surface area contributed by atoms with Crippen LogP contribution in [0.25, 0.3) is 0 Å². The lowest BCUT2D eigenvalue weighted by Crippen LogP contribution is -2.48. The van der Waals surface area contributed by atoms with Crippen molar-refractivity contribution in [1.29, 1.82) is 0 Å². The highest BCUT2D eigenvalue weighted by atomic mass is 31.2. The predicted molar refractivity (Wildman–Crippen MR) is 120 cm³/mol. The summed E-state index contributed by atoms with van der Waals surface area (Å²) in [6.45, 7) is 6.54. The van der Waals surface area contributed by atoms with Gasteiger partial charge in [0.25, 0.3) is 5.91 Å². The van der Waals surface area contributed by atoms with E-state index >= 15 is 0 Å².